The molecular formula is C12H16N6O. The molecule has 100 valence electrons. The van der Waals surface area contributed by atoms with Gasteiger partial charge >= 0.3 is 0 Å². The van der Waals surface area contributed by atoms with Crippen LogP contribution in [0, 0.1) is 0 Å². The summed E-state index contributed by atoms with van der Waals surface area (Å²) in [6.07, 6.45) is 6.15. The third kappa shape index (κ3) is 2.07. The Labute approximate surface area is 110 Å². The fourth-order valence-electron chi connectivity index (χ4n) is 2.31. The van der Waals surface area contributed by atoms with E-state index in [-0.39, 0.29) is 5.91 Å². The number of hydrogen-bond acceptors (Lipinski definition) is 5. The lowest BCUT2D eigenvalue weighted by Crippen LogP contribution is -2.35. The molecule has 3 rings (SSSR count). The number of imidazole rings is 1. The lowest BCUT2D eigenvalue weighted by atomic mass is 10.4. The van der Waals surface area contributed by atoms with E-state index in [1.807, 2.05) is 22.5 Å². The number of carbonyl (C=O) groups is 1. The van der Waals surface area contributed by atoms with Crippen LogP contribution in [0.4, 0.5) is 11.6 Å². The van der Waals surface area contributed by atoms with E-state index in [9.17, 15) is 4.79 Å². The molecule has 0 atom stereocenters. The topological polar surface area (TPSA) is 79.8 Å². The van der Waals surface area contributed by atoms with Crippen LogP contribution in [0.15, 0.2) is 18.6 Å². The number of anilines is 2. The Morgan fingerprint density at radius 2 is 2.21 bits per heavy atom. The number of nitrogen functional groups attached to an aromatic ring is 1. The zero-order valence-corrected chi connectivity index (χ0v) is 10.8. The third-order valence-electron chi connectivity index (χ3n) is 3.35. The van der Waals surface area contributed by atoms with Gasteiger partial charge in [-0.05, 0) is 6.42 Å². The maximum Gasteiger partial charge on any atom is 0.241 e. The van der Waals surface area contributed by atoms with Crippen molar-refractivity contribution >= 4 is 23.2 Å². The number of amides is 1. The van der Waals surface area contributed by atoms with Crippen LogP contribution in [0.1, 0.15) is 6.42 Å². The molecule has 0 aliphatic carbocycles. The fraction of sp³-hybridized carbons (Fsp3) is 0.417. The second-order valence-electron chi connectivity index (χ2n) is 4.74. The zero-order chi connectivity index (χ0) is 13.4. The maximum atomic E-state index is 12.0. The van der Waals surface area contributed by atoms with E-state index in [2.05, 4.69) is 9.97 Å². The van der Waals surface area contributed by atoms with Gasteiger partial charge in [-0.1, -0.05) is 0 Å². The highest BCUT2D eigenvalue weighted by Crippen LogP contribution is 2.21. The smallest absolute Gasteiger partial charge is 0.241 e. The minimum Gasteiger partial charge on any atom is -0.382 e. The van der Waals surface area contributed by atoms with Gasteiger partial charge in [-0.3, -0.25) is 4.79 Å². The second kappa shape index (κ2) is 4.42. The van der Waals surface area contributed by atoms with Gasteiger partial charge in [0.1, 0.15) is 5.82 Å². The fourth-order valence-corrected chi connectivity index (χ4v) is 2.31. The first-order valence-corrected chi connectivity index (χ1v) is 6.23. The molecule has 2 N–H and O–H groups in total. The summed E-state index contributed by atoms with van der Waals surface area (Å²) in [6, 6.07) is 0. The molecule has 1 saturated heterocycles. The first-order chi connectivity index (χ1) is 9.15. The van der Waals surface area contributed by atoms with Crippen molar-refractivity contribution < 1.29 is 4.79 Å². The minimum absolute atomic E-state index is 0.0893. The molecule has 1 aliphatic heterocycles. The van der Waals surface area contributed by atoms with Crippen LogP contribution < -0.4 is 10.6 Å². The predicted octanol–water partition coefficient (Wildman–Crippen LogP) is -0.0200. The van der Waals surface area contributed by atoms with Crippen LogP contribution in [0.2, 0.25) is 0 Å². The first kappa shape index (κ1) is 11.8. The summed E-state index contributed by atoms with van der Waals surface area (Å²) >= 11 is 0. The van der Waals surface area contributed by atoms with E-state index < -0.39 is 0 Å². The van der Waals surface area contributed by atoms with Crippen LogP contribution in [-0.4, -0.2) is 51.9 Å². The average Bonchev–Trinajstić information content (AvgIpc) is 2.77. The Balaban J connectivity index is 2.03. The molecule has 0 spiro atoms. The lowest BCUT2D eigenvalue weighted by molar-refractivity contribution is -0.127. The number of nitrogens with two attached hydrogens (primary N) is 1. The summed E-state index contributed by atoms with van der Waals surface area (Å²) in [5.74, 6) is 1.19. The predicted molar refractivity (Wildman–Crippen MR) is 71.9 cm³/mol. The molecule has 2 aromatic rings. The van der Waals surface area contributed by atoms with Gasteiger partial charge in [0.15, 0.2) is 11.5 Å². The Morgan fingerprint density at radius 3 is 3.05 bits per heavy atom. The third-order valence-corrected chi connectivity index (χ3v) is 3.35. The highest BCUT2D eigenvalue weighted by molar-refractivity contribution is 5.83. The number of fused-ring (bicyclic) bond motifs is 1. The molecule has 0 radical (unpaired) electrons. The van der Waals surface area contributed by atoms with Gasteiger partial charge in [-0.2, -0.15) is 0 Å². The normalized spacial score (nSPS) is 17.0. The quantitative estimate of drug-likeness (QED) is 0.779. The van der Waals surface area contributed by atoms with E-state index in [4.69, 9.17) is 5.73 Å². The first-order valence-electron chi connectivity index (χ1n) is 6.23. The maximum absolute atomic E-state index is 12.0. The number of hydrogen-bond donors (Lipinski definition) is 1. The number of carbonyl (C=O) groups excluding carboxylic acids is 1. The lowest BCUT2D eigenvalue weighted by Gasteiger charge is -2.21. The van der Waals surface area contributed by atoms with Crippen molar-refractivity contribution in [2.45, 2.75) is 6.42 Å². The molecule has 7 heteroatoms. The molecule has 1 fully saturated rings. The van der Waals surface area contributed by atoms with Crippen molar-refractivity contribution in [2.75, 3.05) is 37.3 Å². The van der Waals surface area contributed by atoms with Gasteiger partial charge in [0, 0.05) is 32.5 Å². The average molecular weight is 260 g/mol. The number of nitrogens with zero attached hydrogens (tertiary/aromatic N) is 5. The molecule has 0 saturated carbocycles. The van der Waals surface area contributed by atoms with Gasteiger partial charge < -0.3 is 19.9 Å². The highest BCUT2D eigenvalue weighted by Gasteiger charge is 2.22. The molecule has 0 aromatic carbocycles. The van der Waals surface area contributed by atoms with E-state index in [1.54, 1.807) is 17.3 Å². The SMILES string of the molecule is CN1CCCN(c2nc(N)cn3ccnc23)CC1=O. The number of likely N-dealkylation sites (N-methyl/N-ethyl adjacent to an activating group) is 1. The van der Waals surface area contributed by atoms with Crippen molar-refractivity contribution in [1.82, 2.24) is 19.3 Å². The molecule has 19 heavy (non-hydrogen) atoms. The molecular weight excluding hydrogens is 244 g/mol. The van der Waals surface area contributed by atoms with Crippen molar-refractivity contribution in [3.63, 3.8) is 0 Å². The molecule has 0 unspecified atom stereocenters. The second-order valence-corrected chi connectivity index (χ2v) is 4.74. The molecule has 7 nitrogen and oxygen atoms in total. The molecule has 0 bridgehead atoms. The van der Waals surface area contributed by atoms with E-state index in [1.165, 1.54) is 0 Å². The molecule has 1 aliphatic rings. The van der Waals surface area contributed by atoms with Crippen molar-refractivity contribution in [3.05, 3.63) is 18.6 Å². The largest absolute Gasteiger partial charge is 0.382 e. The number of aromatic nitrogens is 3. The van der Waals surface area contributed by atoms with Crippen LogP contribution in [0.3, 0.4) is 0 Å². The summed E-state index contributed by atoms with van der Waals surface area (Å²) in [5, 5.41) is 0. The van der Waals surface area contributed by atoms with Crippen LogP contribution >= 0.6 is 0 Å². The summed E-state index contributed by atoms with van der Waals surface area (Å²) in [4.78, 5) is 24.3. The van der Waals surface area contributed by atoms with Gasteiger partial charge in [0.25, 0.3) is 0 Å². The van der Waals surface area contributed by atoms with E-state index >= 15 is 0 Å². The summed E-state index contributed by atoms with van der Waals surface area (Å²) in [5.41, 5.74) is 6.54. The van der Waals surface area contributed by atoms with Gasteiger partial charge in [0.2, 0.25) is 5.91 Å². The van der Waals surface area contributed by atoms with Crippen molar-refractivity contribution in [2.24, 2.45) is 0 Å². The Bertz CT molecular complexity index is 622. The standard InChI is InChI=1S/C12H16N6O/c1-16-4-2-5-17(8-10(16)19)12-11-14-3-6-18(11)7-9(13)15-12/h3,6-7H,2,4-5,8,13H2,1H3. The van der Waals surface area contributed by atoms with Gasteiger partial charge in [-0.25, -0.2) is 9.97 Å². The molecule has 1 amide bonds. The Morgan fingerprint density at radius 1 is 1.37 bits per heavy atom. The van der Waals surface area contributed by atoms with Crippen LogP contribution in [0.25, 0.3) is 5.65 Å². The Hall–Kier alpha value is -2.31. The van der Waals surface area contributed by atoms with Gasteiger partial charge in [0.05, 0.1) is 12.7 Å². The zero-order valence-electron chi connectivity index (χ0n) is 10.8. The van der Waals surface area contributed by atoms with Gasteiger partial charge in [-0.15, -0.1) is 0 Å². The summed E-state index contributed by atoms with van der Waals surface area (Å²) in [6.45, 7) is 1.85. The van der Waals surface area contributed by atoms with E-state index in [0.717, 1.165) is 25.2 Å². The van der Waals surface area contributed by atoms with Crippen LogP contribution in [0.5, 0.6) is 0 Å². The monoisotopic (exact) mass is 260 g/mol. The highest BCUT2D eigenvalue weighted by atomic mass is 16.2. The summed E-state index contributed by atoms with van der Waals surface area (Å²) in [7, 11) is 1.82. The molecule has 3 heterocycles. The number of rotatable bonds is 1. The summed E-state index contributed by atoms with van der Waals surface area (Å²) < 4.78 is 1.83. The molecule has 2 aromatic heterocycles. The Kier molecular flexibility index (Phi) is 2.73. The van der Waals surface area contributed by atoms with E-state index in [0.29, 0.717) is 18.2 Å². The van der Waals surface area contributed by atoms with Crippen molar-refractivity contribution in [3.8, 4) is 0 Å². The van der Waals surface area contributed by atoms with Crippen LogP contribution in [-0.2, 0) is 4.79 Å². The van der Waals surface area contributed by atoms with Crippen molar-refractivity contribution in [1.29, 1.82) is 0 Å². The minimum atomic E-state index is 0.0893.